The number of carbonyl (C=O) groups excluding carboxylic acids is 2. The summed E-state index contributed by atoms with van der Waals surface area (Å²) < 4.78 is 42.0. The summed E-state index contributed by atoms with van der Waals surface area (Å²) in [7, 11) is -4.94. The first-order valence-electron chi connectivity index (χ1n) is 13.6. The van der Waals surface area contributed by atoms with Crippen molar-refractivity contribution in [3.63, 3.8) is 0 Å². The maximum Gasteiger partial charge on any atom is 0.418 e. The molecule has 0 spiro atoms. The second-order valence-corrected chi connectivity index (χ2v) is 12.6. The molecular weight excluding hydrogens is 669 g/mol. The highest BCUT2D eigenvalue weighted by Crippen LogP contribution is 2.33. The maximum absolute atomic E-state index is 13.1. The molecule has 0 saturated carbocycles. The molecule has 2 aliphatic heterocycles. The van der Waals surface area contributed by atoms with Crippen LogP contribution in [0.5, 0.6) is 5.75 Å². The van der Waals surface area contributed by atoms with Gasteiger partial charge in [0, 0.05) is 18.5 Å². The first-order valence-corrected chi connectivity index (χ1v) is 16.7. The van der Waals surface area contributed by atoms with Gasteiger partial charge in [-0.05, 0) is 32.0 Å². The molecule has 7 N–H and O–H groups in total. The van der Waals surface area contributed by atoms with Crippen LogP contribution >= 0.6 is 22.7 Å². The molecule has 1 aromatic carbocycles. The molecule has 18 nitrogen and oxygen atoms in total. The highest BCUT2D eigenvalue weighted by Gasteiger charge is 2.58. The zero-order valence-electron chi connectivity index (χ0n) is 25.1. The second kappa shape index (κ2) is 15.9. The SMILES string of the molecule is CC.CC1(C)C(NC(=O)/C(=N\OCCOc2ccc3nc(NC4CNC4)sc3c2)c2csc(N)n2)C(=O)N1OS(=O)(=O)O.O=CO. The third-order valence-corrected chi connectivity index (χ3v) is 8.13. The number of hydroxylamine groups is 2. The predicted molar refractivity (Wildman–Crippen MR) is 170 cm³/mol. The number of hydrogen-bond donors (Lipinski definition) is 6. The average molecular weight is 703 g/mol. The van der Waals surface area contributed by atoms with Crippen molar-refractivity contribution in [1.29, 1.82) is 0 Å². The van der Waals surface area contributed by atoms with Gasteiger partial charge in [0.1, 0.15) is 24.1 Å². The monoisotopic (exact) mass is 702 g/mol. The summed E-state index contributed by atoms with van der Waals surface area (Å²) in [6, 6.07) is 4.73. The first-order chi connectivity index (χ1) is 21.8. The van der Waals surface area contributed by atoms with Gasteiger partial charge in [-0.15, -0.1) is 15.6 Å². The summed E-state index contributed by atoms with van der Waals surface area (Å²) in [6.45, 7) is 8.52. The number of nitrogens with two attached hydrogens (primary N) is 1. The molecule has 0 radical (unpaired) electrons. The van der Waals surface area contributed by atoms with Gasteiger partial charge in [0.15, 0.2) is 22.6 Å². The van der Waals surface area contributed by atoms with E-state index in [1.807, 2.05) is 26.0 Å². The number of amides is 2. The number of fused-ring (bicyclic) bond motifs is 1. The van der Waals surface area contributed by atoms with Crippen molar-refractivity contribution in [3.8, 4) is 5.75 Å². The Hall–Kier alpha value is -4.15. The van der Waals surface area contributed by atoms with E-state index in [1.54, 1.807) is 6.07 Å². The van der Waals surface area contributed by atoms with Gasteiger partial charge in [-0.2, -0.15) is 13.5 Å². The van der Waals surface area contributed by atoms with Crippen LogP contribution in [0.15, 0.2) is 28.7 Å². The molecule has 0 bridgehead atoms. The Bertz CT molecular complexity index is 1660. The minimum absolute atomic E-state index is 0.0254. The molecular formula is C25H34N8O10S3. The summed E-state index contributed by atoms with van der Waals surface area (Å²) in [6.07, 6.45) is 0. The normalized spacial score (nSPS) is 17.3. The molecule has 2 saturated heterocycles. The van der Waals surface area contributed by atoms with Gasteiger partial charge >= 0.3 is 10.4 Å². The van der Waals surface area contributed by atoms with Gasteiger partial charge in [0.2, 0.25) is 0 Å². The third kappa shape index (κ3) is 9.20. The molecule has 1 atom stereocenters. The number of rotatable bonds is 12. The molecule has 3 aromatic rings. The summed E-state index contributed by atoms with van der Waals surface area (Å²) >= 11 is 2.60. The van der Waals surface area contributed by atoms with E-state index in [9.17, 15) is 18.0 Å². The van der Waals surface area contributed by atoms with Crippen molar-refractivity contribution < 1.29 is 46.3 Å². The van der Waals surface area contributed by atoms with Crippen molar-refractivity contribution in [3.05, 3.63) is 29.3 Å². The fraction of sp³-hybridized carbons (Fsp3) is 0.440. The van der Waals surface area contributed by atoms with E-state index in [1.165, 1.54) is 30.6 Å². The molecule has 0 aliphatic carbocycles. The molecule has 2 fully saturated rings. The lowest BCUT2D eigenvalue weighted by Crippen LogP contribution is -2.76. The number of benzene rings is 1. The summed E-state index contributed by atoms with van der Waals surface area (Å²) in [5, 5.41) is 22.8. The number of nitrogens with one attached hydrogen (secondary N) is 3. The number of aromatic nitrogens is 2. The molecule has 46 heavy (non-hydrogen) atoms. The van der Waals surface area contributed by atoms with Crippen molar-refractivity contribution in [1.82, 2.24) is 25.7 Å². The van der Waals surface area contributed by atoms with Crippen LogP contribution in [-0.4, -0.2) is 101 Å². The van der Waals surface area contributed by atoms with Gasteiger partial charge < -0.3 is 36.4 Å². The Morgan fingerprint density at radius 3 is 2.54 bits per heavy atom. The van der Waals surface area contributed by atoms with E-state index in [0.29, 0.717) is 16.9 Å². The number of ether oxygens (including phenoxy) is 1. The van der Waals surface area contributed by atoms with Crippen LogP contribution in [0.2, 0.25) is 0 Å². The van der Waals surface area contributed by atoms with E-state index in [-0.39, 0.29) is 36.2 Å². The second-order valence-electron chi connectivity index (χ2n) is 9.64. The van der Waals surface area contributed by atoms with Gasteiger partial charge in [0.05, 0.1) is 21.8 Å². The number of anilines is 2. The van der Waals surface area contributed by atoms with Gasteiger partial charge in [-0.1, -0.05) is 30.3 Å². The number of β-lactam (4-membered cyclic amide) rings is 1. The number of carbonyl (C=O) groups is 3. The fourth-order valence-electron chi connectivity index (χ4n) is 3.95. The number of oxime groups is 1. The maximum atomic E-state index is 13.1. The van der Waals surface area contributed by atoms with E-state index in [0.717, 1.165) is 39.8 Å². The summed E-state index contributed by atoms with van der Waals surface area (Å²) in [5.74, 6) is -1.11. The number of carboxylic acid groups (broad SMARTS) is 1. The predicted octanol–water partition coefficient (Wildman–Crippen LogP) is 1.09. The van der Waals surface area contributed by atoms with Gasteiger partial charge in [-0.3, -0.25) is 18.9 Å². The number of hydrogen-bond acceptors (Lipinski definition) is 16. The lowest BCUT2D eigenvalue weighted by molar-refractivity contribution is -0.218. The molecule has 5 rings (SSSR count). The van der Waals surface area contributed by atoms with E-state index in [2.05, 4.69) is 35.4 Å². The van der Waals surface area contributed by atoms with Crippen LogP contribution < -0.4 is 26.4 Å². The van der Waals surface area contributed by atoms with Gasteiger partial charge in [-0.25, -0.2) is 9.97 Å². The van der Waals surface area contributed by atoms with E-state index < -0.39 is 33.8 Å². The number of nitrogens with zero attached hydrogens (tertiary/aromatic N) is 4. The Labute approximate surface area is 271 Å². The fourth-order valence-corrected chi connectivity index (χ4v) is 5.92. The molecule has 2 aromatic heterocycles. The largest absolute Gasteiger partial charge is 0.490 e. The van der Waals surface area contributed by atoms with Crippen LogP contribution in [0.25, 0.3) is 10.2 Å². The van der Waals surface area contributed by atoms with Crippen molar-refractivity contribution >= 4 is 77.6 Å². The molecule has 2 amide bonds. The Morgan fingerprint density at radius 2 is 1.98 bits per heavy atom. The Kier molecular flexibility index (Phi) is 12.6. The summed E-state index contributed by atoms with van der Waals surface area (Å²) in [4.78, 5) is 47.8. The van der Waals surface area contributed by atoms with Crippen molar-refractivity contribution in [2.24, 2.45) is 5.16 Å². The molecule has 1 unspecified atom stereocenters. The van der Waals surface area contributed by atoms with Crippen LogP contribution in [0.3, 0.4) is 0 Å². The summed E-state index contributed by atoms with van der Waals surface area (Å²) in [5.41, 5.74) is 5.10. The first kappa shape index (κ1) is 36.3. The molecule has 2 aliphatic rings. The number of thiazole rings is 2. The van der Waals surface area contributed by atoms with Crippen molar-refractivity contribution in [2.75, 3.05) is 37.4 Å². The smallest absolute Gasteiger partial charge is 0.418 e. The molecule has 4 heterocycles. The van der Waals surface area contributed by atoms with Gasteiger partial charge in [0.25, 0.3) is 18.3 Å². The Balaban J connectivity index is 0.00000109. The quantitative estimate of drug-likeness (QED) is 0.0385. The lowest BCUT2D eigenvalue weighted by Gasteiger charge is -2.50. The highest BCUT2D eigenvalue weighted by atomic mass is 32.3. The standard InChI is InChI=1S/C22H26N8O8S3.C2H6.CH2O2/c1-22(2)17(19(32)30(22)38-41(33,34)35)28-18(31)16(14-10-39-20(23)26-14)29-37-6-5-36-12-3-4-13-15(7-12)40-21(27-13)25-11-8-24-9-11;1-2;2-1-3/h3-4,7,10-11,17,24H,5-6,8-9H2,1-2H3,(H2,23,26)(H,25,27)(H,28,31)(H,33,34,35);1-2H3;1H,(H,2,3)/b29-16-;;. The molecule has 252 valence electrons. The van der Waals surface area contributed by atoms with Crippen LogP contribution in [0.1, 0.15) is 33.4 Å². The molecule has 21 heteroatoms. The van der Waals surface area contributed by atoms with Crippen LogP contribution in [0.4, 0.5) is 10.3 Å². The average Bonchev–Trinajstić information content (AvgIpc) is 3.60. The van der Waals surface area contributed by atoms with E-state index in [4.69, 9.17) is 29.8 Å². The zero-order chi connectivity index (χ0) is 34.1. The number of nitrogen functional groups attached to an aromatic ring is 1. The topological polar surface area (TPSA) is 257 Å². The van der Waals surface area contributed by atoms with Crippen LogP contribution in [-0.2, 0) is 33.9 Å². The van der Waals surface area contributed by atoms with Crippen LogP contribution in [0, 0.1) is 0 Å². The zero-order valence-corrected chi connectivity index (χ0v) is 27.6. The Morgan fingerprint density at radius 1 is 1.28 bits per heavy atom. The van der Waals surface area contributed by atoms with Crippen molar-refractivity contribution in [2.45, 2.75) is 45.3 Å². The minimum atomic E-state index is -4.94. The lowest BCUT2D eigenvalue weighted by atomic mass is 9.84. The van der Waals surface area contributed by atoms with E-state index >= 15 is 0 Å². The third-order valence-electron chi connectivity index (χ3n) is 6.17. The highest BCUT2D eigenvalue weighted by molar-refractivity contribution is 7.80. The minimum Gasteiger partial charge on any atom is -0.490 e.